The van der Waals surface area contributed by atoms with E-state index >= 15 is 0 Å². The highest BCUT2D eigenvalue weighted by atomic mass is 14.7. The maximum Gasteiger partial charge on any atom is 0.0409 e. The van der Waals surface area contributed by atoms with Crippen molar-refractivity contribution in [1.29, 1.82) is 0 Å². The maximum absolute atomic E-state index is 6.88. The molecule has 1 aromatic carbocycles. The highest BCUT2D eigenvalue weighted by molar-refractivity contribution is 5.32. The van der Waals surface area contributed by atoms with Gasteiger partial charge in [-0.15, -0.1) is 0 Å². The molecule has 1 rings (SSSR count). The molecule has 0 aliphatic rings. The maximum atomic E-state index is 6.88. The van der Waals surface area contributed by atoms with Crippen molar-refractivity contribution in [2.45, 2.75) is 116 Å². The first-order valence-electron chi connectivity index (χ1n) is 11.1. The second kappa shape index (κ2) is 11.8. The van der Waals surface area contributed by atoms with Gasteiger partial charge in [-0.2, -0.15) is 0 Å². The van der Waals surface area contributed by atoms with E-state index in [1.54, 1.807) is 0 Å². The molecule has 1 aromatic rings. The van der Waals surface area contributed by atoms with E-state index in [2.05, 4.69) is 52.0 Å². The van der Waals surface area contributed by atoms with Crippen molar-refractivity contribution in [2.24, 2.45) is 11.5 Å². The van der Waals surface area contributed by atoms with Gasteiger partial charge in [-0.3, -0.25) is 0 Å². The molecule has 0 fully saturated rings. The molecule has 0 unspecified atom stereocenters. The molecule has 4 N–H and O–H groups in total. The molecule has 2 heteroatoms. The number of hydrogen-bond donors (Lipinski definition) is 2. The summed E-state index contributed by atoms with van der Waals surface area (Å²) in [5.74, 6) is 0. The Morgan fingerprint density at radius 3 is 0.962 bits per heavy atom. The van der Waals surface area contributed by atoms with Crippen LogP contribution in [0.2, 0.25) is 0 Å². The van der Waals surface area contributed by atoms with Crippen LogP contribution in [0.3, 0.4) is 0 Å². The van der Waals surface area contributed by atoms with Gasteiger partial charge in [-0.25, -0.2) is 0 Å². The fraction of sp³-hybridized carbons (Fsp3) is 0.750. The molecule has 0 aliphatic carbocycles. The van der Waals surface area contributed by atoms with E-state index in [0.29, 0.717) is 0 Å². The summed E-state index contributed by atoms with van der Waals surface area (Å²) in [5, 5.41) is 0. The second-order valence-electron chi connectivity index (χ2n) is 8.30. The Balaban J connectivity index is 3.03. The van der Waals surface area contributed by atoms with E-state index in [0.717, 1.165) is 25.7 Å². The summed E-state index contributed by atoms with van der Waals surface area (Å²) in [5.41, 5.74) is 16.0. The van der Waals surface area contributed by atoms with Crippen LogP contribution in [0.4, 0.5) is 0 Å². The van der Waals surface area contributed by atoms with Gasteiger partial charge >= 0.3 is 0 Å². The van der Waals surface area contributed by atoms with E-state index in [9.17, 15) is 0 Å². The van der Waals surface area contributed by atoms with Crippen molar-refractivity contribution in [1.82, 2.24) is 0 Å². The average Bonchev–Trinajstić information content (AvgIpc) is 2.67. The van der Waals surface area contributed by atoms with Crippen molar-refractivity contribution < 1.29 is 0 Å². The van der Waals surface area contributed by atoms with Crippen molar-refractivity contribution in [3.05, 3.63) is 35.4 Å². The molecular weight excluding hydrogens is 316 g/mol. The van der Waals surface area contributed by atoms with Gasteiger partial charge in [0.15, 0.2) is 0 Å². The quantitative estimate of drug-likeness (QED) is 0.385. The van der Waals surface area contributed by atoms with Gasteiger partial charge in [-0.1, -0.05) is 103 Å². The third-order valence-corrected chi connectivity index (χ3v) is 5.94. The largest absolute Gasteiger partial charge is 0.321 e. The highest BCUT2D eigenvalue weighted by Crippen LogP contribution is 2.34. The number of unbranched alkanes of at least 4 members (excludes halogenated alkanes) is 4. The first-order chi connectivity index (χ1) is 12.5. The Kier molecular flexibility index (Phi) is 10.5. The third kappa shape index (κ3) is 6.70. The topological polar surface area (TPSA) is 52.0 Å². The fourth-order valence-corrected chi connectivity index (χ4v) is 3.93. The summed E-state index contributed by atoms with van der Waals surface area (Å²) >= 11 is 0. The molecule has 0 radical (unpaired) electrons. The predicted molar refractivity (Wildman–Crippen MR) is 116 cm³/mol. The summed E-state index contributed by atoms with van der Waals surface area (Å²) in [6, 6.07) is 9.06. The lowest BCUT2D eigenvalue weighted by molar-refractivity contribution is 0.347. The molecular formula is C24H44N2. The summed E-state index contributed by atoms with van der Waals surface area (Å²) in [6.07, 6.45) is 13.8. The smallest absolute Gasteiger partial charge is 0.0409 e. The molecule has 0 spiro atoms. The minimum Gasteiger partial charge on any atom is -0.321 e. The summed E-state index contributed by atoms with van der Waals surface area (Å²) < 4.78 is 0. The summed E-state index contributed by atoms with van der Waals surface area (Å²) in [7, 11) is 0. The second-order valence-corrected chi connectivity index (χ2v) is 8.30. The van der Waals surface area contributed by atoms with Gasteiger partial charge in [0.1, 0.15) is 0 Å². The Morgan fingerprint density at radius 2 is 0.769 bits per heavy atom. The SMILES string of the molecule is CCCCC(N)(CCCC)c1ccc(C(N)(CCCC)CCCC)cc1. The molecule has 0 amide bonds. The van der Waals surface area contributed by atoms with Crippen LogP contribution in [0, 0.1) is 0 Å². The van der Waals surface area contributed by atoms with E-state index in [-0.39, 0.29) is 11.1 Å². The van der Waals surface area contributed by atoms with Gasteiger partial charge in [0.05, 0.1) is 0 Å². The van der Waals surface area contributed by atoms with E-state index in [4.69, 9.17) is 11.5 Å². The monoisotopic (exact) mass is 360 g/mol. The number of rotatable bonds is 14. The molecule has 0 saturated heterocycles. The van der Waals surface area contributed by atoms with Crippen molar-refractivity contribution in [3.8, 4) is 0 Å². The minimum atomic E-state index is -0.186. The van der Waals surface area contributed by atoms with Crippen molar-refractivity contribution in [3.63, 3.8) is 0 Å². The van der Waals surface area contributed by atoms with E-state index in [1.165, 1.54) is 62.5 Å². The molecule has 0 saturated carbocycles. The zero-order valence-corrected chi connectivity index (χ0v) is 17.9. The molecule has 0 aromatic heterocycles. The Labute approximate surface area is 163 Å². The molecule has 0 bridgehead atoms. The fourth-order valence-electron chi connectivity index (χ4n) is 3.93. The Bertz CT molecular complexity index is 416. The number of benzene rings is 1. The van der Waals surface area contributed by atoms with Crippen LogP contribution < -0.4 is 11.5 Å². The van der Waals surface area contributed by atoms with Gasteiger partial charge < -0.3 is 11.5 Å². The van der Waals surface area contributed by atoms with Gasteiger partial charge in [0, 0.05) is 11.1 Å². The first-order valence-corrected chi connectivity index (χ1v) is 11.1. The van der Waals surface area contributed by atoms with E-state index in [1.807, 2.05) is 0 Å². The van der Waals surface area contributed by atoms with Crippen LogP contribution in [0.1, 0.15) is 116 Å². The lowest BCUT2D eigenvalue weighted by Gasteiger charge is -2.33. The van der Waals surface area contributed by atoms with Crippen LogP contribution in [0.15, 0.2) is 24.3 Å². The van der Waals surface area contributed by atoms with Crippen LogP contribution in [0.5, 0.6) is 0 Å². The predicted octanol–water partition coefficient (Wildman–Crippen LogP) is 6.76. The molecule has 150 valence electrons. The highest BCUT2D eigenvalue weighted by Gasteiger charge is 2.29. The van der Waals surface area contributed by atoms with Crippen LogP contribution in [-0.2, 0) is 11.1 Å². The number of nitrogens with two attached hydrogens (primary N) is 2. The lowest BCUT2D eigenvalue weighted by Crippen LogP contribution is -2.38. The first kappa shape index (κ1) is 23.2. The number of hydrogen-bond acceptors (Lipinski definition) is 2. The molecule has 0 aliphatic heterocycles. The third-order valence-electron chi connectivity index (χ3n) is 5.94. The van der Waals surface area contributed by atoms with Gasteiger partial charge in [-0.05, 0) is 36.8 Å². The van der Waals surface area contributed by atoms with Crippen molar-refractivity contribution >= 4 is 0 Å². The molecule has 2 nitrogen and oxygen atoms in total. The lowest BCUT2D eigenvalue weighted by atomic mass is 9.78. The Hall–Kier alpha value is -0.860. The summed E-state index contributed by atoms with van der Waals surface area (Å²) in [6.45, 7) is 8.97. The molecule has 0 atom stereocenters. The normalized spacial score (nSPS) is 12.5. The zero-order valence-electron chi connectivity index (χ0n) is 17.9. The zero-order chi connectivity index (χ0) is 19.5. The van der Waals surface area contributed by atoms with Gasteiger partial charge in [0.2, 0.25) is 0 Å². The van der Waals surface area contributed by atoms with Crippen LogP contribution in [-0.4, -0.2) is 0 Å². The van der Waals surface area contributed by atoms with Gasteiger partial charge in [0.25, 0.3) is 0 Å². The van der Waals surface area contributed by atoms with Crippen LogP contribution in [0.25, 0.3) is 0 Å². The molecule has 0 heterocycles. The van der Waals surface area contributed by atoms with Crippen LogP contribution >= 0.6 is 0 Å². The standard InChI is InChI=1S/C24H44N2/c1-5-9-17-23(25,18-10-6-2)21-13-15-22(16-14-21)24(26,19-11-7-3)20-12-8-4/h13-16H,5-12,17-20,25-26H2,1-4H3. The Morgan fingerprint density at radius 1 is 0.538 bits per heavy atom. The minimum absolute atomic E-state index is 0.186. The summed E-state index contributed by atoms with van der Waals surface area (Å²) in [4.78, 5) is 0. The average molecular weight is 361 g/mol. The van der Waals surface area contributed by atoms with Crippen molar-refractivity contribution in [2.75, 3.05) is 0 Å². The molecule has 26 heavy (non-hydrogen) atoms. The van der Waals surface area contributed by atoms with E-state index < -0.39 is 0 Å².